The number of phenols is 2. The number of alkyl carbamates (subject to hydrolysis) is 1. The summed E-state index contributed by atoms with van der Waals surface area (Å²) in [6.45, 7) is 15.9. The quantitative estimate of drug-likeness (QED) is 0.284. The van der Waals surface area contributed by atoms with Gasteiger partial charge < -0.3 is 25.6 Å². The number of nitrogens with one attached hydrogen (secondary N) is 2. The first-order chi connectivity index (χ1) is 16.6. The summed E-state index contributed by atoms with van der Waals surface area (Å²) in [6.07, 6.45) is 4.58. The van der Waals surface area contributed by atoms with Crippen LogP contribution in [0, 0.1) is 28.6 Å². The molecule has 0 aromatic heterocycles. The van der Waals surface area contributed by atoms with Gasteiger partial charge in [-0.05, 0) is 87.8 Å². The number of Topliss-reactive ketones (excluding diaryl/α,β-unsaturated/α-hetero) is 1. The van der Waals surface area contributed by atoms with Crippen molar-refractivity contribution in [2.24, 2.45) is 28.6 Å². The predicted molar refractivity (Wildman–Crippen MR) is 141 cm³/mol. The van der Waals surface area contributed by atoms with E-state index >= 15 is 0 Å². The number of benzene rings is 1. The van der Waals surface area contributed by atoms with E-state index in [0.717, 1.165) is 38.6 Å². The third-order valence-corrected chi connectivity index (χ3v) is 8.53. The zero-order valence-corrected chi connectivity index (χ0v) is 23.1. The van der Waals surface area contributed by atoms with Crippen LogP contribution in [0.2, 0.25) is 0 Å². The molecule has 3 rings (SSSR count). The predicted octanol–water partition coefficient (Wildman–Crippen LogP) is 5.64. The highest BCUT2D eigenvalue weighted by molar-refractivity contribution is 5.99. The lowest BCUT2D eigenvalue weighted by Crippen LogP contribution is -2.60. The van der Waals surface area contributed by atoms with Crippen molar-refractivity contribution in [3.8, 4) is 11.5 Å². The van der Waals surface area contributed by atoms with E-state index in [1.807, 2.05) is 20.8 Å². The number of fused-ring (bicyclic) bond motifs is 1. The molecule has 36 heavy (non-hydrogen) atoms. The van der Waals surface area contributed by atoms with Crippen LogP contribution < -0.4 is 10.6 Å². The molecular weight excluding hydrogens is 456 g/mol. The van der Waals surface area contributed by atoms with E-state index in [1.165, 1.54) is 18.2 Å². The number of carbonyl (C=O) groups is 2. The number of carbonyl (C=O) groups excluding carboxylic acids is 2. The Bertz CT molecular complexity index is 933. The summed E-state index contributed by atoms with van der Waals surface area (Å²) in [5.74, 6) is 0.0221. The molecule has 0 spiro atoms. The Labute approximate surface area is 216 Å². The van der Waals surface area contributed by atoms with Gasteiger partial charge in [0, 0.05) is 30.1 Å². The number of rotatable bonds is 7. The fraction of sp³-hybridized carbons (Fsp3) is 0.724. The molecule has 0 bridgehead atoms. The maximum Gasteiger partial charge on any atom is 0.407 e. The minimum absolute atomic E-state index is 0.00278. The van der Waals surface area contributed by atoms with Crippen LogP contribution in [0.3, 0.4) is 0 Å². The lowest BCUT2D eigenvalue weighted by atomic mass is 9.45. The number of amides is 1. The monoisotopic (exact) mass is 502 g/mol. The van der Waals surface area contributed by atoms with E-state index < -0.39 is 11.7 Å². The van der Waals surface area contributed by atoms with Gasteiger partial charge in [-0.15, -0.1) is 0 Å². The second kappa shape index (κ2) is 10.6. The summed E-state index contributed by atoms with van der Waals surface area (Å²) in [5.41, 5.74) is -0.191. The molecule has 2 aliphatic carbocycles. The van der Waals surface area contributed by atoms with Crippen LogP contribution in [0.15, 0.2) is 18.2 Å². The van der Waals surface area contributed by atoms with Crippen LogP contribution >= 0.6 is 0 Å². The van der Waals surface area contributed by atoms with Crippen LogP contribution in [0.25, 0.3) is 0 Å². The Morgan fingerprint density at radius 2 is 1.69 bits per heavy atom. The third kappa shape index (κ3) is 6.34. The van der Waals surface area contributed by atoms with Crippen molar-refractivity contribution in [1.29, 1.82) is 0 Å². The molecule has 1 aromatic rings. The Hall–Kier alpha value is -2.28. The maximum absolute atomic E-state index is 14.0. The summed E-state index contributed by atoms with van der Waals surface area (Å²) in [7, 11) is 0. The van der Waals surface area contributed by atoms with Crippen molar-refractivity contribution in [2.75, 3.05) is 13.1 Å². The first-order valence-corrected chi connectivity index (χ1v) is 13.4. The number of aromatic hydroxyl groups is 2. The third-order valence-electron chi connectivity index (χ3n) is 8.53. The number of hydrogen-bond acceptors (Lipinski definition) is 6. The molecule has 0 unspecified atom stereocenters. The SMILES string of the molecule is C[C@@H]1[C@H](NCCCNC(=O)OC(C)(C)C)C[C@H]2C(C)(C)CCC[C@]2(C)[C@H]1C(=O)c1cc(O)cc(O)c1. The second-order valence-corrected chi connectivity index (χ2v) is 12.9. The largest absolute Gasteiger partial charge is 0.508 e. The molecule has 2 aliphatic rings. The van der Waals surface area contributed by atoms with E-state index in [9.17, 15) is 19.8 Å². The van der Waals surface area contributed by atoms with Crippen molar-refractivity contribution < 1.29 is 24.5 Å². The van der Waals surface area contributed by atoms with Gasteiger partial charge in [0.2, 0.25) is 0 Å². The molecule has 4 N–H and O–H groups in total. The lowest BCUT2D eigenvalue weighted by Gasteiger charge is -2.60. The molecule has 2 saturated carbocycles. The molecule has 2 fully saturated rings. The number of phenolic OH excluding ortho intramolecular Hbond substituents is 2. The van der Waals surface area contributed by atoms with Gasteiger partial charge >= 0.3 is 6.09 Å². The highest BCUT2D eigenvalue weighted by Crippen LogP contribution is 2.61. The standard InChI is InChI=1S/C29H46N2O5/c1-18-22(30-12-9-13-31-26(35)36-27(2,3)4)17-23-28(5,6)10-8-11-29(23,7)24(18)25(34)19-14-20(32)16-21(33)15-19/h14-16,18,22-24,30,32-33H,8-13,17H2,1-7H3,(H,31,35)/t18-,22-,23+,24-,29+/m1/s1. The summed E-state index contributed by atoms with van der Waals surface area (Å²) < 4.78 is 5.30. The Kier molecular flexibility index (Phi) is 8.33. The molecule has 7 heteroatoms. The van der Waals surface area contributed by atoms with Gasteiger partial charge in [0.1, 0.15) is 17.1 Å². The maximum atomic E-state index is 14.0. The van der Waals surface area contributed by atoms with Crippen molar-refractivity contribution in [2.45, 2.75) is 92.2 Å². The zero-order chi connectivity index (χ0) is 26.9. The van der Waals surface area contributed by atoms with Crippen molar-refractivity contribution >= 4 is 11.9 Å². The van der Waals surface area contributed by atoms with Crippen molar-refractivity contribution in [3.05, 3.63) is 23.8 Å². The molecule has 1 amide bonds. The van der Waals surface area contributed by atoms with Crippen LogP contribution in [-0.2, 0) is 4.74 Å². The van der Waals surface area contributed by atoms with E-state index in [4.69, 9.17) is 4.74 Å². The molecule has 5 atom stereocenters. The van der Waals surface area contributed by atoms with E-state index in [-0.39, 0.29) is 46.0 Å². The molecule has 0 aliphatic heterocycles. The molecular formula is C29H46N2O5. The first-order valence-electron chi connectivity index (χ1n) is 13.4. The van der Waals surface area contributed by atoms with Gasteiger partial charge in [-0.25, -0.2) is 4.79 Å². The molecule has 0 radical (unpaired) electrons. The van der Waals surface area contributed by atoms with E-state index in [0.29, 0.717) is 18.0 Å². The Morgan fingerprint density at radius 3 is 2.31 bits per heavy atom. The van der Waals surface area contributed by atoms with E-state index in [1.54, 1.807) is 0 Å². The lowest BCUT2D eigenvalue weighted by molar-refractivity contribution is -0.0914. The minimum Gasteiger partial charge on any atom is -0.508 e. The first kappa shape index (κ1) is 28.3. The van der Waals surface area contributed by atoms with Gasteiger partial charge in [0.25, 0.3) is 0 Å². The minimum atomic E-state index is -0.521. The molecule has 202 valence electrons. The average molecular weight is 503 g/mol. The molecule has 7 nitrogen and oxygen atoms in total. The van der Waals surface area contributed by atoms with Crippen molar-refractivity contribution in [3.63, 3.8) is 0 Å². The van der Waals surface area contributed by atoms with Crippen LogP contribution in [0.4, 0.5) is 4.79 Å². The second-order valence-electron chi connectivity index (χ2n) is 12.9. The van der Waals surface area contributed by atoms with Crippen LogP contribution in [0.1, 0.15) is 90.9 Å². The summed E-state index contributed by atoms with van der Waals surface area (Å²) in [6, 6.07) is 4.35. The van der Waals surface area contributed by atoms with Gasteiger partial charge in [0.05, 0.1) is 0 Å². The molecule has 0 saturated heterocycles. The van der Waals surface area contributed by atoms with Crippen LogP contribution in [-0.4, -0.2) is 46.8 Å². The van der Waals surface area contributed by atoms with E-state index in [2.05, 4.69) is 38.3 Å². The topological polar surface area (TPSA) is 108 Å². The van der Waals surface area contributed by atoms with Crippen molar-refractivity contribution in [1.82, 2.24) is 10.6 Å². The Balaban J connectivity index is 1.75. The summed E-state index contributed by atoms with van der Waals surface area (Å²) >= 11 is 0. The highest BCUT2D eigenvalue weighted by atomic mass is 16.6. The fourth-order valence-electron chi connectivity index (χ4n) is 7.03. The smallest absolute Gasteiger partial charge is 0.407 e. The zero-order valence-electron chi connectivity index (χ0n) is 23.1. The summed E-state index contributed by atoms with van der Waals surface area (Å²) in [4.78, 5) is 25.9. The molecule has 0 heterocycles. The van der Waals surface area contributed by atoms with Gasteiger partial charge in [-0.3, -0.25) is 4.79 Å². The van der Waals surface area contributed by atoms with Gasteiger partial charge in [0.15, 0.2) is 5.78 Å². The van der Waals surface area contributed by atoms with Gasteiger partial charge in [-0.2, -0.15) is 0 Å². The van der Waals surface area contributed by atoms with Crippen LogP contribution in [0.5, 0.6) is 11.5 Å². The average Bonchev–Trinajstić information content (AvgIpc) is 2.71. The molecule has 1 aromatic carbocycles. The number of ketones is 1. The number of hydrogen-bond donors (Lipinski definition) is 4. The normalized spacial score (nSPS) is 29.8. The number of ether oxygens (including phenoxy) is 1. The summed E-state index contributed by atoms with van der Waals surface area (Å²) in [5, 5.41) is 26.6. The Morgan fingerprint density at radius 1 is 1.06 bits per heavy atom. The van der Waals surface area contributed by atoms with Gasteiger partial charge in [-0.1, -0.05) is 34.1 Å². The fourth-order valence-corrected chi connectivity index (χ4v) is 7.03. The highest BCUT2D eigenvalue weighted by Gasteiger charge is 2.58.